The molecule has 34 heavy (non-hydrogen) atoms. The van der Waals surface area contributed by atoms with Crippen molar-refractivity contribution in [1.29, 1.82) is 0 Å². The molecule has 1 heterocycles. The Morgan fingerprint density at radius 2 is 1.71 bits per heavy atom. The van der Waals surface area contributed by atoms with Gasteiger partial charge in [0.25, 0.3) is 0 Å². The fraction of sp³-hybridized carbons (Fsp3) is 0.192. The number of para-hydroxylation sites is 1. The smallest absolute Gasteiger partial charge is 0.234 e. The number of aryl methyl sites for hydroxylation is 1. The van der Waals surface area contributed by atoms with Gasteiger partial charge < -0.3 is 14.8 Å². The summed E-state index contributed by atoms with van der Waals surface area (Å²) >= 11 is 1.32. The van der Waals surface area contributed by atoms with Crippen LogP contribution in [-0.4, -0.2) is 33.5 Å². The van der Waals surface area contributed by atoms with E-state index in [1.165, 1.54) is 11.8 Å². The summed E-state index contributed by atoms with van der Waals surface area (Å²) in [5, 5.41) is 12.3. The highest BCUT2D eigenvalue weighted by Crippen LogP contribution is 2.25. The van der Waals surface area contributed by atoms with Crippen LogP contribution in [0.4, 0.5) is 5.69 Å². The number of aromatic nitrogens is 3. The van der Waals surface area contributed by atoms with E-state index in [1.807, 2.05) is 91.2 Å². The molecule has 1 aromatic heterocycles. The van der Waals surface area contributed by atoms with E-state index in [0.29, 0.717) is 11.0 Å². The molecule has 3 aromatic carbocycles. The first-order valence-electron chi connectivity index (χ1n) is 10.8. The molecule has 0 aliphatic rings. The Bertz CT molecular complexity index is 1260. The summed E-state index contributed by atoms with van der Waals surface area (Å²) in [5.41, 5.74) is 3.87. The average Bonchev–Trinajstić information content (AvgIpc) is 3.28. The molecule has 0 fully saturated rings. The van der Waals surface area contributed by atoms with Crippen molar-refractivity contribution >= 4 is 23.4 Å². The van der Waals surface area contributed by atoms with Crippen LogP contribution in [0.1, 0.15) is 17.0 Å². The highest BCUT2D eigenvalue weighted by atomic mass is 32.2. The number of nitrogens with zero attached hydrogens (tertiary/aromatic N) is 3. The second-order valence-electron chi connectivity index (χ2n) is 7.62. The van der Waals surface area contributed by atoms with Crippen molar-refractivity contribution in [2.75, 3.05) is 18.2 Å². The number of carbonyl (C=O) groups is 1. The Morgan fingerprint density at radius 1 is 0.941 bits per heavy atom. The van der Waals surface area contributed by atoms with Crippen LogP contribution in [0.25, 0.3) is 5.69 Å². The topological polar surface area (TPSA) is 78.3 Å². The Morgan fingerprint density at radius 3 is 2.44 bits per heavy atom. The minimum Gasteiger partial charge on any atom is -0.497 e. The van der Waals surface area contributed by atoms with Crippen LogP contribution in [0.15, 0.2) is 78.0 Å². The fourth-order valence-corrected chi connectivity index (χ4v) is 4.12. The van der Waals surface area contributed by atoms with Crippen molar-refractivity contribution in [3.05, 3.63) is 89.7 Å². The molecule has 0 atom stereocenters. The number of hydrogen-bond donors (Lipinski definition) is 1. The highest BCUT2D eigenvalue weighted by Gasteiger charge is 2.17. The number of benzene rings is 3. The zero-order valence-electron chi connectivity index (χ0n) is 19.3. The summed E-state index contributed by atoms with van der Waals surface area (Å²) in [5.74, 6) is 2.22. The third-order valence-electron chi connectivity index (χ3n) is 5.35. The Balaban J connectivity index is 1.52. The van der Waals surface area contributed by atoms with E-state index in [2.05, 4.69) is 15.5 Å². The summed E-state index contributed by atoms with van der Waals surface area (Å²) in [7, 11) is 1.63. The molecule has 0 saturated heterocycles. The Kier molecular flexibility index (Phi) is 7.49. The van der Waals surface area contributed by atoms with Crippen molar-refractivity contribution in [2.24, 2.45) is 0 Å². The van der Waals surface area contributed by atoms with Crippen LogP contribution >= 0.6 is 11.8 Å². The molecule has 0 aliphatic heterocycles. The van der Waals surface area contributed by atoms with E-state index in [4.69, 9.17) is 9.47 Å². The van der Waals surface area contributed by atoms with Gasteiger partial charge in [-0.25, -0.2) is 0 Å². The van der Waals surface area contributed by atoms with Gasteiger partial charge >= 0.3 is 0 Å². The van der Waals surface area contributed by atoms with Gasteiger partial charge in [-0.2, -0.15) is 0 Å². The van der Waals surface area contributed by atoms with E-state index in [9.17, 15) is 4.79 Å². The van der Waals surface area contributed by atoms with Crippen molar-refractivity contribution in [3.63, 3.8) is 0 Å². The molecule has 7 nitrogen and oxygen atoms in total. The number of ether oxygens (including phenoxy) is 2. The summed E-state index contributed by atoms with van der Waals surface area (Å²) in [6.07, 6.45) is 0. The summed E-state index contributed by atoms with van der Waals surface area (Å²) in [6.45, 7) is 4.26. The third-order valence-corrected chi connectivity index (χ3v) is 6.28. The first-order valence-corrected chi connectivity index (χ1v) is 11.8. The average molecular weight is 475 g/mol. The first kappa shape index (κ1) is 23.4. The number of methoxy groups -OCH3 is 1. The van der Waals surface area contributed by atoms with Gasteiger partial charge in [-0.3, -0.25) is 9.36 Å². The lowest BCUT2D eigenvalue weighted by Gasteiger charge is -2.12. The van der Waals surface area contributed by atoms with E-state index >= 15 is 0 Å². The molecule has 0 aliphatic carbocycles. The number of carbonyl (C=O) groups excluding carboxylic acids is 1. The summed E-state index contributed by atoms with van der Waals surface area (Å²) in [6, 6.07) is 23.0. The van der Waals surface area contributed by atoms with Crippen LogP contribution in [0.5, 0.6) is 11.5 Å². The predicted molar refractivity (Wildman–Crippen MR) is 134 cm³/mol. The number of hydrogen-bond acceptors (Lipinski definition) is 6. The van der Waals surface area contributed by atoms with Crippen molar-refractivity contribution in [2.45, 2.75) is 25.6 Å². The zero-order valence-corrected chi connectivity index (χ0v) is 20.1. The highest BCUT2D eigenvalue weighted by molar-refractivity contribution is 7.99. The van der Waals surface area contributed by atoms with Gasteiger partial charge in [0.1, 0.15) is 18.1 Å². The van der Waals surface area contributed by atoms with E-state index < -0.39 is 0 Å². The van der Waals surface area contributed by atoms with Gasteiger partial charge in [0, 0.05) is 11.4 Å². The number of thioether (sulfide) groups is 1. The van der Waals surface area contributed by atoms with Gasteiger partial charge in [0.15, 0.2) is 11.0 Å². The number of amides is 1. The lowest BCUT2D eigenvalue weighted by atomic mass is 10.1. The molecule has 8 heteroatoms. The van der Waals surface area contributed by atoms with Gasteiger partial charge in [-0.05, 0) is 67.4 Å². The molecule has 0 unspecified atom stereocenters. The van der Waals surface area contributed by atoms with Crippen molar-refractivity contribution in [3.8, 4) is 17.2 Å². The summed E-state index contributed by atoms with van der Waals surface area (Å²) < 4.78 is 13.1. The van der Waals surface area contributed by atoms with Gasteiger partial charge in [0.2, 0.25) is 5.91 Å². The molecule has 0 bridgehead atoms. The van der Waals surface area contributed by atoms with Gasteiger partial charge in [0.05, 0.1) is 12.9 Å². The molecule has 1 N–H and O–H groups in total. The molecule has 4 aromatic rings. The molecule has 0 saturated carbocycles. The fourth-order valence-electron chi connectivity index (χ4n) is 3.35. The number of nitrogens with one attached hydrogen (secondary N) is 1. The predicted octanol–water partition coefficient (Wildman–Crippen LogP) is 5.20. The van der Waals surface area contributed by atoms with Crippen molar-refractivity contribution in [1.82, 2.24) is 14.8 Å². The minimum atomic E-state index is -0.106. The quantitative estimate of drug-likeness (QED) is 0.336. The first-order chi connectivity index (χ1) is 16.5. The third kappa shape index (κ3) is 5.58. The molecule has 174 valence electrons. The van der Waals surface area contributed by atoms with E-state index in [1.54, 1.807) is 7.11 Å². The van der Waals surface area contributed by atoms with Gasteiger partial charge in [-0.15, -0.1) is 10.2 Å². The Labute approximate surface area is 203 Å². The van der Waals surface area contributed by atoms with Crippen LogP contribution in [0.3, 0.4) is 0 Å². The van der Waals surface area contributed by atoms with Crippen LogP contribution < -0.4 is 14.8 Å². The number of anilines is 1. The molecular formula is C26H26N4O3S. The molecule has 0 spiro atoms. The van der Waals surface area contributed by atoms with Crippen LogP contribution in [0, 0.1) is 13.8 Å². The zero-order chi connectivity index (χ0) is 23.9. The minimum absolute atomic E-state index is 0.106. The Hall–Kier alpha value is -3.78. The molecule has 1 amide bonds. The second-order valence-corrected chi connectivity index (χ2v) is 8.56. The largest absolute Gasteiger partial charge is 0.497 e. The molecule has 4 rings (SSSR count). The monoisotopic (exact) mass is 474 g/mol. The maximum absolute atomic E-state index is 12.7. The van der Waals surface area contributed by atoms with Gasteiger partial charge in [-0.1, -0.05) is 42.1 Å². The maximum atomic E-state index is 12.7. The van der Waals surface area contributed by atoms with Crippen LogP contribution in [-0.2, 0) is 11.4 Å². The SMILES string of the molecule is COc1ccc(-n2c(COc3ccccc3)nnc2SCC(=O)Nc2cccc(C)c2C)cc1. The molecular weight excluding hydrogens is 448 g/mol. The normalized spacial score (nSPS) is 10.7. The standard InChI is InChI=1S/C26H26N4O3S/c1-18-8-7-11-23(19(18)2)27-25(31)17-34-26-29-28-24(16-33-22-9-5-4-6-10-22)30(26)20-12-14-21(32-3)15-13-20/h4-15H,16-17H2,1-3H3,(H,27,31). The lowest BCUT2D eigenvalue weighted by Crippen LogP contribution is -2.15. The van der Waals surface area contributed by atoms with E-state index in [-0.39, 0.29) is 18.3 Å². The number of rotatable bonds is 9. The second kappa shape index (κ2) is 10.9. The van der Waals surface area contributed by atoms with E-state index in [0.717, 1.165) is 34.0 Å². The van der Waals surface area contributed by atoms with Crippen molar-refractivity contribution < 1.29 is 14.3 Å². The maximum Gasteiger partial charge on any atom is 0.234 e. The summed E-state index contributed by atoms with van der Waals surface area (Å²) in [4.78, 5) is 12.7. The molecule has 0 radical (unpaired) electrons. The lowest BCUT2D eigenvalue weighted by molar-refractivity contribution is -0.113. The van der Waals surface area contributed by atoms with Crippen LogP contribution in [0.2, 0.25) is 0 Å².